The van der Waals surface area contributed by atoms with Crippen LogP contribution < -0.4 is 15.5 Å². The number of benzene rings is 2. The van der Waals surface area contributed by atoms with Crippen LogP contribution in [0, 0.1) is 5.82 Å². The van der Waals surface area contributed by atoms with Gasteiger partial charge in [0.05, 0.1) is 23.0 Å². The molecule has 2 aromatic carbocycles. The highest BCUT2D eigenvalue weighted by Crippen LogP contribution is 2.25. The number of carbonyl (C=O) groups excluding carboxylic acids is 2. The van der Waals surface area contributed by atoms with Crippen molar-refractivity contribution in [3.8, 4) is 5.75 Å². The van der Waals surface area contributed by atoms with E-state index in [4.69, 9.17) is 4.74 Å². The molecule has 0 saturated heterocycles. The molecular weight excluding hydrogens is 417 g/mol. The summed E-state index contributed by atoms with van der Waals surface area (Å²) in [6.07, 6.45) is 1.34. The quantitative estimate of drug-likeness (QED) is 0.487. The van der Waals surface area contributed by atoms with Crippen LogP contribution in [0.25, 0.3) is 0 Å². The van der Waals surface area contributed by atoms with Gasteiger partial charge in [-0.15, -0.1) is 0 Å². The zero-order valence-electron chi connectivity index (χ0n) is 14.7. The minimum atomic E-state index is -0.526. The Balaban J connectivity index is 1.77. The van der Waals surface area contributed by atoms with Crippen LogP contribution in [0.5, 0.6) is 5.75 Å². The Hall–Kier alpha value is -2.74. The van der Waals surface area contributed by atoms with Crippen molar-refractivity contribution in [2.24, 2.45) is 5.10 Å². The molecule has 0 bridgehead atoms. The molecule has 142 valence electrons. The maximum Gasteiger partial charge on any atom is 0.240 e. The summed E-state index contributed by atoms with van der Waals surface area (Å²) < 4.78 is 19.6. The van der Waals surface area contributed by atoms with Gasteiger partial charge in [-0.1, -0.05) is 12.1 Å². The molecule has 0 unspecified atom stereocenters. The molecule has 0 radical (unpaired) electrons. The Morgan fingerprint density at radius 2 is 1.93 bits per heavy atom. The lowest BCUT2D eigenvalue weighted by molar-refractivity contribution is -0.124. The molecule has 0 aliphatic rings. The summed E-state index contributed by atoms with van der Waals surface area (Å²) in [7, 11) is 0. The predicted molar refractivity (Wildman–Crippen MR) is 105 cm³/mol. The number of ether oxygens (including phenoxy) is 1. The standard InChI is InChI=1S/C19H19BrFN3O3/c1-2-27-17-8-7-13(11-14(17)20)12-22-24-19(26)10-9-18(25)23-16-6-4-3-5-15(16)21/h3-8,11-12H,2,9-10H2,1H3,(H,23,25)(H,24,26). The zero-order valence-corrected chi connectivity index (χ0v) is 16.3. The molecular formula is C19H19BrFN3O3. The van der Waals surface area contributed by atoms with Crippen molar-refractivity contribution in [2.45, 2.75) is 19.8 Å². The number of hydrogen-bond acceptors (Lipinski definition) is 4. The van der Waals surface area contributed by atoms with E-state index in [1.807, 2.05) is 13.0 Å². The third kappa shape index (κ3) is 6.82. The average molecular weight is 436 g/mol. The summed E-state index contributed by atoms with van der Waals surface area (Å²) in [5.74, 6) is -0.671. The van der Waals surface area contributed by atoms with Gasteiger partial charge in [-0.3, -0.25) is 9.59 Å². The molecule has 2 amide bonds. The summed E-state index contributed by atoms with van der Waals surface area (Å²) in [5, 5.41) is 6.28. The van der Waals surface area contributed by atoms with E-state index in [0.717, 1.165) is 15.8 Å². The number of para-hydroxylation sites is 1. The van der Waals surface area contributed by atoms with E-state index >= 15 is 0 Å². The van der Waals surface area contributed by atoms with E-state index in [0.29, 0.717) is 6.61 Å². The topological polar surface area (TPSA) is 79.8 Å². The first-order chi connectivity index (χ1) is 13.0. The second kappa shape index (κ2) is 10.4. The van der Waals surface area contributed by atoms with Gasteiger partial charge in [0, 0.05) is 12.8 Å². The largest absolute Gasteiger partial charge is 0.493 e. The average Bonchev–Trinajstić information content (AvgIpc) is 2.64. The molecule has 0 spiro atoms. The highest BCUT2D eigenvalue weighted by Gasteiger charge is 2.09. The normalized spacial score (nSPS) is 10.6. The Morgan fingerprint density at radius 1 is 1.19 bits per heavy atom. The van der Waals surface area contributed by atoms with Crippen LogP contribution in [0.2, 0.25) is 0 Å². The summed E-state index contributed by atoms with van der Waals surface area (Å²) in [4.78, 5) is 23.5. The summed E-state index contributed by atoms with van der Waals surface area (Å²) in [5.41, 5.74) is 3.20. The number of amides is 2. The maximum atomic E-state index is 13.4. The lowest BCUT2D eigenvalue weighted by Crippen LogP contribution is -2.20. The van der Waals surface area contributed by atoms with E-state index < -0.39 is 17.6 Å². The van der Waals surface area contributed by atoms with Crippen molar-refractivity contribution < 1.29 is 18.7 Å². The third-order valence-electron chi connectivity index (χ3n) is 3.39. The highest BCUT2D eigenvalue weighted by atomic mass is 79.9. The van der Waals surface area contributed by atoms with Gasteiger partial charge < -0.3 is 10.1 Å². The van der Waals surface area contributed by atoms with E-state index in [1.165, 1.54) is 24.4 Å². The zero-order chi connectivity index (χ0) is 19.6. The van der Waals surface area contributed by atoms with Gasteiger partial charge >= 0.3 is 0 Å². The Kier molecular flexibility index (Phi) is 7.94. The molecule has 0 atom stereocenters. The molecule has 0 aliphatic heterocycles. The van der Waals surface area contributed by atoms with Gasteiger partial charge in [0.1, 0.15) is 11.6 Å². The number of hydrazone groups is 1. The number of nitrogens with zero attached hydrogens (tertiary/aromatic N) is 1. The number of hydrogen-bond donors (Lipinski definition) is 2. The summed E-state index contributed by atoms with van der Waals surface area (Å²) in [6.45, 7) is 2.46. The van der Waals surface area contributed by atoms with Gasteiger partial charge in [-0.25, -0.2) is 9.82 Å². The lowest BCUT2D eigenvalue weighted by atomic mass is 10.2. The number of rotatable bonds is 8. The smallest absolute Gasteiger partial charge is 0.240 e. The number of nitrogens with one attached hydrogen (secondary N) is 2. The molecule has 2 N–H and O–H groups in total. The van der Waals surface area contributed by atoms with Gasteiger partial charge in [-0.2, -0.15) is 5.10 Å². The van der Waals surface area contributed by atoms with Crippen molar-refractivity contribution in [3.05, 3.63) is 58.3 Å². The molecule has 8 heteroatoms. The number of halogens is 2. The van der Waals surface area contributed by atoms with Crippen LogP contribution in [0.15, 0.2) is 52.0 Å². The second-order valence-electron chi connectivity index (χ2n) is 5.44. The van der Waals surface area contributed by atoms with Gasteiger partial charge in [0.25, 0.3) is 0 Å². The van der Waals surface area contributed by atoms with Crippen molar-refractivity contribution in [3.63, 3.8) is 0 Å². The third-order valence-corrected chi connectivity index (χ3v) is 4.01. The van der Waals surface area contributed by atoms with Crippen molar-refractivity contribution in [1.82, 2.24) is 5.43 Å². The molecule has 0 fully saturated rings. The van der Waals surface area contributed by atoms with Crippen LogP contribution in [-0.4, -0.2) is 24.6 Å². The molecule has 0 aliphatic carbocycles. The van der Waals surface area contributed by atoms with Crippen LogP contribution in [0.4, 0.5) is 10.1 Å². The first-order valence-electron chi connectivity index (χ1n) is 8.28. The van der Waals surface area contributed by atoms with E-state index in [1.54, 1.807) is 18.2 Å². The molecule has 6 nitrogen and oxygen atoms in total. The van der Waals surface area contributed by atoms with Crippen LogP contribution in [-0.2, 0) is 9.59 Å². The Morgan fingerprint density at radius 3 is 2.63 bits per heavy atom. The lowest BCUT2D eigenvalue weighted by Gasteiger charge is -2.06. The highest BCUT2D eigenvalue weighted by molar-refractivity contribution is 9.10. The fourth-order valence-corrected chi connectivity index (χ4v) is 2.62. The number of carbonyl (C=O) groups is 2. The van der Waals surface area contributed by atoms with Gasteiger partial charge in [0.15, 0.2) is 0 Å². The monoisotopic (exact) mass is 435 g/mol. The minimum absolute atomic E-state index is 0.0649. The first-order valence-corrected chi connectivity index (χ1v) is 9.07. The van der Waals surface area contributed by atoms with Crippen LogP contribution in [0.3, 0.4) is 0 Å². The van der Waals surface area contributed by atoms with E-state index in [9.17, 15) is 14.0 Å². The molecule has 2 aromatic rings. The molecule has 0 aromatic heterocycles. The van der Waals surface area contributed by atoms with Crippen molar-refractivity contribution >= 4 is 39.6 Å². The van der Waals surface area contributed by atoms with Gasteiger partial charge in [-0.05, 0) is 58.7 Å². The fourth-order valence-electron chi connectivity index (χ4n) is 2.11. The second-order valence-corrected chi connectivity index (χ2v) is 6.30. The molecule has 27 heavy (non-hydrogen) atoms. The maximum absolute atomic E-state index is 13.4. The number of anilines is 1. The molecule has 0 heterocycles. The minimum Gasteiger partial charge on any atom is -0.493 e. The molecule has 0 saturated carbocycles. The van der Waals surface area contributed by atoms with Crippen molar-refractivity contribution in [2.75, 3.05) is 11.9 Å². The van der Waals surface area contributed by atoms with E-state index in [-0.39, 0.29) is 18.5 Å². The Bertz CT molecular complexity index is 843. The van der Waals surface area contributed by atoms with Gasteiger partial charge in [0.2, 0.25) is 11.8 Å². The van der Waals surface area contributed by atoms with E-state index in [2.05, 4.69) is 31.8 Å². The summed E-state index contributed by atoms with van der Waals surface area (Å²) >= 11 is 3.40. The predicted octanol–water partition coefficient (Wildman–Crippen LogP) is 3.86. The van der Waals surface area contributed by atoms with Crippen molar-refractivity contribution in [1.29, 1.82) is 0 Å². The summed E-state index contributed by atoms with van der Waals surface area (Å²) in [6, 6.07) is 11.2. The first kappa shape index (κ1) is 20.6. The fraction of sp³-hybridized carbons (Fsp3) is 0.211. The van der Waals surface area contributed by atoms with Crippen LogP contribution >= 0.6 is 15.9 Å². The van der Waals surface area contributed by atoms with Crippen LogP contribution in [0.1, 0.15) is 25.3 Å². The molecule has 2 rings (SSSR count). The SMILES string of the molecule is CCOc1ccc(C=NNC(=O)CCC(=O)Nc2ccccc2F)cc1Br. The Labute approximate surface area is 164 Å².